The third-order valence-electron chi connectivity index (χ3n) is 3.93. The zero-order chi connectivity index (χ0) is 15.2. The maximum absolute atomic E-state index is 6.44. The van der Waals surface area contributed by atoms with Gasteiger partial charge in [-0.3, -0.25) is 4.98 Å². The fourth-order valence-corrected chi connectivity index (χ4v) is 2.79. The second-order valence-corrected chi connectivity index (χ2v) is 5.42. The van der Waals surface area contributed by atoms with Crippen molar-refractivity contribution in [3.05, 3.63) is 59.9 Å². The van der Waals surface area contributed by atoms with Crippen LogP contribution < -0.4 is 10.6 Å². The van der Waals surface area contributed by atoms with Gasteiger partial charge in [0, 0.05) is 30.7 Å². The number of nitrogens with zero attached hydrogens (tertiary/aromatic N) is 2. The molecule has 0 bridgehead atoms. The molecule has 2 unspecified atom stereocenters. The summed E-state index contributed by atoms with van der Waals surface area (Å²) in [6, 6.07) is 13.0. The molecule has 1 heterocycles. The van der Waals surface area contributed by atoms with Crippen molar-refractivity contribution in [2.75, 3.05) is 11.4 Å². The molecule has 0 amide bonds. The SMILES string of the molecule is CCC(N)C(c1ccncc1)N(CC)c1cccc(C)c1. The molecule has 0 aliphatic heterocycles. The smallest absolute Gasteiger partial charge is 0.0694 e. The van der Waals surface area contributed by atoms with Crippen LogP contribution in [0.2, 0.25) is 0 Å². The summed E-state index contributed by atoms with van der Waals surface area (Å²) in [5.74, 6) is 0. The average Bonchev–Trinajstić information content (AvgIpc) is 2.52. The number of likely N-dealkylation sites (N-methyl/N-ethyl adjacent to an activating group) is 1. The van der Waals surface area contributed by atoms with Gasteiger partial charge in [-0.1, -0.05) is 19.1 Å². The van der Waals surface area contributed by atoms with Crippen LogP contribution in [0.5, 0.6) is 0 Å². The first-order chi connectivity index (χ1) is 10.2. The molecule has 2 N–H and O–H groups in total. The summed E-state index contributed by atoms with van der Waals surface area (Å²) >= 11 is 0. The van der Waals surface area contributed by atoms with Gasteiger partial charge in [-0.05, 0) is 55.7 Å². The number of hydrogen-bond acceptors (Lipinski definition) is 3. The third-order valence-corrected chi connectivity index (χ3v) is 3.93. The Morgan fingerprint density at radius 1 is 1.14 bits per heavy atom. The van der Waals surface area contributed by atoms with Gasteiger partial charge in [0.2, 0.25) is 0 Å². The van der Waals surface area contributed by atoms with Crippen molar-refractivity contribution >= 4 is 5.69 Å². The number of aryl methyl sites for hydroxylation is 1. The number of anilines is 1. The highest BCUT2D eigenvalue weighted by Crippen LogP contribution is 2.30. The zero-order valence-corrected chi connectivity index (χ0v) is 13.2. The predicted octanol–water partition coefficient (Wildman–Crippen LogP) is 3.69. The lowest BCUT2D eigenvalue weighted by molar-refractivity contribution is 0.494. The van der Waals surface area contributed by atoms with Gasteiger partial charge in [-0.15, -0.1) is 0 Å². The lowest BCUT2D eigenvalue weighted by atomic mass is 9.96. The van der Waals surface area contributed by atoms with Crippen molar-refractivity contribution < 1.29 is 0 Å². The third kappa shape index (κ3) is 3.61. The molecule has 0 spiro atoms. The Labute approximate surface area is 127 Å². The number of benzene rings is 1. The summed E-state index contributed by atoms with van der Waals surface area (Å²) in [7, 11) is 0. The maximum Gasteiger partial charge on any atom is 0.0694 e. The molecule has 0 fully saturated rings. The van der Waals surface area contributed by atoms with E-state index in [9.17, 15) is 0 Å². The summed E-state index contributed by atoms with van der Waals surface area (Å²) in [6.45, 7) is 7.37. The Morgan fingerprint density at radius 3 is 2.43 bits per heavy atom. The van der Waals surface area contributed by atoms with E-state index in [1.807, 2.05) is 12.4 Å². The largest absolute Gasteiger partial charge is 0.363 e. The monoisotopic (exact) mass is 283 g/mol. The molecule has 2 rings (SSSR count). The summed E-state index contributed by atoms with van der Waals surface area (Å²) in [5.41, 5.74) is 10.2. The lowest BCUT2D eigenvalue weighted by Gasteiger charge is -2.37. The Bertz CT molecular complexity index is 553. The van der Waals surface area contributed by atoms with Gasteiger partial charge < -0.3 is 10.6 Å². The fourth-order valence-electron chi connectivity index (χ4n) is 2.79. The van der Waals surface area contributed by atoms with Crippen LogP contribution in [0, 0.1) is 6.92 Å². The highest BCUT2D eigenvalue weighted by Gasteiger charge is 2.25. The first kappa shape index (κ1) is 15.5. The van der Waals surface area contributed by atoms with Crippen LogP contribution >= 0.6 is 0 Å². The number of aromatic nitrogens is 1. The van der Waals surface area contributed by atoms with Crippen LogP contribution in [-0.4, -0.2) is 17.6 Å². The van der Waals surface area contributed by atoms with Gasteiger partial charge in [-0.2, -0.15) is 0 Å². The van der Waals surface area contributed by atoms with E-state index < -0.39 is 0 Å². The van der Waals surface area contributed by atoms with E-state index in [4.69, 9.17) is 5.73 Å². The van der Waals surface area contributed by atoms with E-state index in [0.717, 1.165) is 13.0 Å². The molecular formula is C18H25N3. The minimum absolute atomic E-state index is 0.0906. The van der Waals surface area contributed by atoms with Crippen LogP contribution in [0.15, 0.2) is 48.8 Å². The molecule has 0 saturated carbocycles. The standard InChI is InChI=1S/C18H25N3/c1-4-17(19)18(15-9-11-20-12-10-15)21(5-2)16-8-6-7-14(3)13-16/h6-13,17-18H,4-5,19H2,1-3H3. The van der Waals surface area contributed by atoms with E-state index in [1.54, 1.807) is 0 Å². The number of pyridine rings is 1. The van der Waals surface area contributed by atoms with E-state index in [1.165, 1.54) is 16.8 Å². The molecule has 0 saturated heterocycles. The summed E-state index contributed by atoms with van der Waals surface area (Å²) in [5, 5.41) is 0. The van der Waals surface area contributed by atoms with Crippen LogP contribution in [0.3, 0.4) is 0 Å². The van der Waals surface area contributed by atoms with Gasteiger partial charge in [0.05, 0.1) is 6.04 Å². The number of hydrogen-bond donors (Lipinski definition) is 1. The van der Waals surface area contributed by atoms with Gasteiger partial charge in [0.15, 0.2) is 0 Å². The summed E-state index contributed by atoms with van der Waals surface area (Å²) < 4.78 is 0. The van der Waals surface area contributed by atoms with Gasteiger partial charge >= 0.3 is 0 Å². The molecule has 112 valence electrons. The molecule has 3 heteroatoms. The van der Waals surface area contributed by atoms with Crippen molar-refractivity contribution in [3.8, 4) is 0 Å². The predicted molar refractivity (Wildman–Crippen MR) is 89.4 cm³/mol. The average molecular weight is 283 g/mol. The second kappa shape index (κ2) is 7.23. The van der Waals surface area contributed by atoms with Crippen LogP contribution in [-0.2, 0) is 0 Å². The molecule has 2 aromatic rings. The Hall–Kier alpha value is -1.87. The van der Waals surface area contributed by atoms with Crippen molar-refractivity contribution in [1.82, 2.24) is 4.98 Å². The van der Waals surface area contributed by atoms with Crippen molar-refractivity contribution in [2.24, 2.45) is 5.73 Å². The molecule has 0 radical (unpaired) electrons. The summed E-state index contributed by atoms with van der Waals surface area (Å²) in [4.78, 5) is 6.51. The topological polar surface area (TPSA) is 42.1 Å². The fraction of sp³-hybridized carbons (Fsp3) is 0.389. The van der Waals surface area contributed by atoms with Gasteiger partial charge in [0.25, 0.3) is 0 Å². The maximum atomic E-state index is 6.44. The quantitative estimate of drug-likeness (QED) is 0.879. The van der Waals surface area contributed by atoms with Crippen molar-refractivity contribution in [2.45, 2.75) is 39.3 Å². The number of rotatable bonds is 6. The molecule has 1 aromatic heterocycles. The molecule has 1 aromatic carbocycles. The second-order valence-electron chi connectivity index (χ2n) is 5.42. The zero-order valence-electron chi connectivity index (χ0n) is 13.2. The Balaban J connectivity index is 2.43. The molecule has 3 nitrogen and oxygen atoms in total. The first-order valence-corrected chi connectivity index (χ1v) is 7.66. The minimum Gasteiger partial charge on any atom is -0.363 e. The van der Waals surface area contributed by atoms with Crippen LogP contribution in [0.25, 0.3) is 0 Å². The van der Waals surface area contributed by atoms with E-state index in [0.29, 0.717) is 0 Å². The molecule has 0 aliphatic rings. The molecular weight excluding hydrogens is 258 g/mol. The highest BCUT2D eigenvalue weighted by molar-refractivity contribution is 5.51. The molecule has 21 heavy (non-hydrogen) atoms. The normalized spacial score (nSPS) is 13.7. The molecule has 0 aliphatic carbocycles. The first-order valence-electron chi connectivity index (χ1n) is 7.66. The number of nitrogens with two attached hydrogens (primary N) is 1. The Morgan fingerprint density at radius 2 is 1.86 bits per heavy atom. The van der Waals surface area contributed by atoms with Crippen molar-refractivity contribution in [1.29, 1.82) is 0 Å². The van der Waals surface area contributed by atoms with Crippen LogP contribution in [0.1, 0.15) is 37.4 Å². The Kier molecular flexibility index (Phi) is 5.34. The van der Waals surface area contributed by atoms with E-state index >= 15 is 0 Å². The van der Waals surface area contributed by atoms with Gasteiger partial charge in [0.1, 0.15) is 0 Å². The van der Waals surface area contributed by atoms with E-state index in [2.05, 4.69) is 67.1 Å². The molecule has 2 atom stereocenters. The van der Waals surface area contributed by atoms with Crippen molar-refractivity contribution in [3.63, 3.8) is 0 Å². The van der Waals surface area contributed by atoms with Crippen LogP contribution in [0.4, 0.5) is 5.69 Å². The van der Waals surface area contributed by atoms with Gasteiger partial charge in [-0.25, -0.2) is 0 Å². The minimum atomic E-state index is 0.0906. The van der Waals surface area contributed by atoms with E-state index in [-0.39, 0.29) is 12.1 Å². The lowest BCUT2D eigenvalue weighted by Crippen LogP contribution is -2.41. The summed E-state index contributed by atoms with van der Waals surface area (Å²) in [6.07, 6.45) is 4.62. The highest BCUT2D eigenvalue weighted by atomic mass is 15.2.